The molecule has 0 spiro atoms. The van der Waals surface area contributed by atoms with Gasteiger partial charge in [0.05, 0.1) is 18.3 Å². The van der Waals surface area contributed by atoms with Crippen molar-refractivity contribution >= 4 is 32.8 Å². The van der Waals surface area contributed by atoms with Crippen LogP contribution in [0, 0.1) is 12.3 Å². The SMILES string of the molecule is C#CCNS(=O)(=O)c1cccc2nsnc12. The average Bonchev–Trinajstić information content (AvgIpc) is 2.73. The molecule has 2 aromatic rings. The van der Waals surface area contributed by atoms with Gasteiger partial charge in [0, 0.05) is 0 Å². The van der Waals surface area contributed by atoms with Gasteiger partial charge >= 0.3 is 0 Å². The number of hydrogen-bond donors (Lipinski definition) is 1. The van der Waals surface area contributed by atoms with Crippen LogP contribution in [-0.4, -0.2) is 23.7 Å². The van der Waals surface area contributed by atoms with Crippen LogP contribution in [0.1, 0.15) is 0 Å². The maximum atomic E-state index is 11.8. The summed E-state index contributed by atoms with van der Waals surface area (Å²) in [6, 6.07) is 4.80. The Labute approximate surface area is 96.9 Å². The van der Waals surface area contributed by atoms with Crippen molar-refractivity contribution in [3.8, 4) is 12.3 Å². The molecule has 0 aliphatic carbocycles. The minimum Gasteiger partial charge on any atom is -0.207 e. The Morgan fingerprint density at radius 1 is 1.44 bits per heavy atom. The van der Waals surface area contributed by atoms with Crippen molar-refractivity contribution in [1.29, 1.82) is 0 Å². The molecule has 1 N–H and O–H groups in total. The lowest BCUT2D eigenvalue weighted by Crippen LogP contribution is -2.24. The van der Waals surface area contributed by atoms with Crippen LogP contribution in [0.2, 0.25) is 0 Å². The molecule has 0 fully saturated rings. The number of terminal acetylenes is 1. The molecule has 0 aliphatic heterocycles. The lowest BCUT2D eigenvalue weighted by Gasteiger charge is -2.03. The van der Waals surface area contributed by atoms with Gasteiger partial charge in [-0.1, -0.05) is 12.0 Å². The quantitative estimate of drug-likeness (QED) is 0.813. The zero-order valence-electron chi connectivity index (χ0n) is 8.04. The summed E-state index contributed by atoms with van der Waals surface area (Å²) in [6.45, 7) is -0.0454. The van der Waals surface area contributed by atoms with Crippen LogP contribution in [0.4, 0.5) is 0 Å². The molecule has 7 heteroatoms. The van der Waals surface area contributed by atoms with Crippen LogP contribution in [0.15, 0.2) is 23.1 Å². The van der Waals surface area contributed by atoms with E-state index in [1.54, 1.807) is 12.1 Å². The first-order valence-electron chi connectivity index (χ1n) is 4.29. The molecule has 0 atom stereocenters. The van der Waals surface area contributed by atoms with Crippen molar-refractivity contribution in [2.45, 2.75) is 4.90 Å². The van der Waals surface area contributed by atoms with E-state index in [0.29, 0.717) is 11.0 Å². The van der Waals surface area contributed by atoms with E-state index >= 15 is 0 Å². The maximum absolute atomic E-state index is 11.8. The van der Waals surface area contributed by atoms with Gasteiger partial charge in [-0.2, -0.15) is 13.5 Å². The smallest absolute Gasteiger partial charge is 0.207 e. The Morgan fingerprint density at radius 3 is 3.00 bits per heavy atom. The highest BCUT2D eigenvalue weighted by Crippen LogP contribution is 2.20. The van der Waals surface area contributed by atoms with Crippen molar-refractivity contribution in [2.75, 3.05) is 6.54 Å². The van der Waals surface area contributed by atoms with Crippen molar-refractivity contribution in [1.82, 2.24) is 13.5 Å². The standard InChI is InChI=1S/C9H7N3O2S2/c1-2-6-10-16(13,14)8-5-3-4-7-9(8)12-15-11-7/h1,3-5,10H,6H2. The molecule has 0 amide bonds. The van der Waals surface area contributed by atoms with Crippen molar-refractivity contribution < 1.29 is 8.42 Å². The van der Waals surface area contributed by atoms with Crippen LogP contribution < -0.4 is 4.72 Å². The predicted molar refractivity (Wildman–Crippen MR) is 61.4 cm³/mol. The van der Waals surface area contributed by atoms with E-state index in [1.807, 2.05) is 0 Å². The molecular weight excluding hydrogens is 246 g/mol. The normalized spacial score (nSPS) is 11.4. The van der Waals surface area contributed by atoms with Crippen molar-refractivity contribution in [3.63, 3.8) is 0 Å². The Balaban J connectivity index is 2.55. The molecule has 0 aliphatic rings. The second-order valence-corrected chi connectivity index (χ2v) is 5.18. The molecule has 1 heterocycles. The van der Waals surface area contributed by atoms with Gasteiger partial charge in [0.15, 0.2) is 0 Å². The van der Waals surface area contributed by atoms with E-state index in [-0.39, 0.29) is 11.4 Å². The molecule has 0 saturated heterocycles. The second-order valence-electron chi connectivity index (χ2n) is 2.92. The first-order chi connectivity index (χ1) is 7.65. The van der Waals surface area contributed by atoms with Crippen LogP contribution in [0.5, 0.6) is 0 Å². The number of nitrogens with one attached hydrogen (secondary N) is 1. The predicted octanol–water partition coefficient (Wildman–Crippen LogP) is 0.603. The number of hydrogen-bond acceptors (Lipinski definition) is 5. The summed E-state index contributed by atoms with van der Waals surface area (Å²) < 4.78 is 33.9. The van der Waals surface area contributed by atoms with Crippen LogP contribution in [0.3, 0.4) is 0 Å². The summed E-state index contributed by atoms with van der Waals surface area (Å²) in [5, 5.41) is 0. The van der Waals surface area contributed by atoms with Gasteiger partial charge in [-0.25, -0.2) is 8.42 Å². The highest BCUT2D eigenvalue weighted by Gasteiger charge is 2.18. The van der Waals surface area contributed by atoms with E-state index in [2.05, 4.69) is 19.4 Å². The largest absolute Gasteiger partial charge is 0.243 e. The molecule has 0 bridgehead atoms. The minimum atomic E-state index is -3.61. The van der Waals surface area contributed by atoms with Crippen LogP contribution in [-0.2, 0) is 10.0 Å². The molecule has 0 saturated carbocycles. The first kappa shape index (κ1) is 11.0. The number of nitrogens with zero attached hydrogens (tertiary/aromatic N) is 2. The molecular formula is C9H7N3O2S2. The third kappa shape index (κ3) is 1.90. The number of rotatable bonds is 3. The lowest BCUT2D eigenvalue weighted by molar-refractivity contribution is 0.587. The third-order valence-corrected chi connectivity index (χ3v) is 3.88. The summed E-state index contributed by atoms with van der Waals surface area (Å²) in [5.74, 6) is 2.21. The van der Waals surface area contributed by atoms with Gasteiger partial charge in [-0.3, -0.25) is 0 Å². The fourth-order valence-corrected chi connectivity index (χ4v) is 2.91. The van der Waals surface area contributed by atoms with Gasteiger partial charge in [0.2, 0.25) is 10.0 Å². The Kier molecular flexibility index (Phi) is 2.87. The Hall–Kier alpha value is -1.49. The lowest BCUT2D eigenvalue weighted by atomic mass is 10.3. The zero-order chi connectivity index (χ0) is 11.6. The van der Waals surface area contributed by atoms with Gasteiger partial charge in [-0.05, 0) is 12.1 Å². The van der Waals surface area contributed by atoms with Crippen molar-refractivity contribution in [3.05, 3.63) is 18.2 Å². The summed E-state index contributed by atoms with van der Waals surface area (Å²) in [7, 11) is -3.61. The van der Waals surface area contributed by atoms with E-state index in [1.165, 1.54) is 6.07 Å². The maximum Gasteiger partial charge on any atom is 0.243 e. The Bertz CT molecular complexity index is 655. The molecule has 2 rings (SSSR count). The number of fused-ring (bicyclic) bond motifs is 1. The number of aromatic nitrogens is 2. The average molecular weight is 253 g/mol. The molecule has 1 aromatic heterocycles. The zero-order valence-corrected chi connectivity index (χ0v) is 9.68. The highest BCUT2D eigenvalue weighted by atomic mass is 32.2. The van der Waals surface area contributed by atoms with Gasteiger partial charge in [0.1, 0.15) is 15.9 Å². The highest BCUT2D eigenvalue weighted by molar-refractivity contribution is 7.89. The molecule has 0 unspecified atom stereocenters. The van der Waals surface area contributed by atoms with Crippen LogP contribution >= 0.6 is 11.7 Å². The first-order valence-corrected chi connectivity index (χ1v) is 6.51. The van der Waals surface area contributed by atoms with E-state index in [0.717, 1.165) is 11.7 Å². The van der Waals surface area contributed by atoms with E-state index in [9.17, 15) is 8.42 Å². The monoisotopic (exact) mass is 253 g/mol. The summed E-state index contributed by atoms with van der Waals surface area (Å²) in [5.41, 5.74) is 0.936. The molecule has 16 heavy (non-hydrogen) atoms. The Morgan fingerprint density at radius 2 is 2.25 bits per heavy atom. The fourth-order valence-electron chi connectivity index (χ4n) is 1.21. The van der Waals surface area contributed by atoms with E-state index < -0.39 is 10.0 Å². The van der Waals surface area contributed by atoms with Crippen LogP contribution in [0.25, 0.3) is 11.0 Å². The molecule has 5 nitrogen and oxygen atoms in total. The third-order valence-electron chi connectivity index (χ3n) is 1.90. The molecule has 0 radical (unpaired) electrons. The van der Waals surface area contributed by atoms with Crippen molar-refractivity contribution in [2.24, 2.45) is 0 Å². The topological polar surface area (TPSA) is 72.0 Å². The summed E-state index contributed by atoms with van der Waals surface area (Å²) in [6.07, 6.45) is 5.00. The number of sulfonamides is 1. The molecule has 1 aromatic carbocycles. The second kappa shape index (κ2) is 4.17. The summed E-state index contributed by atoms with van der Waals surface area (Å²) in [4.78, 5) is 0.106. The number of benzene rings is 1. The fraction of sp³-hybridized carbons (Fsp3) is 0.111. The summed E-state index contributed by atoms with van der Waals surface area (Å²) >= 11 is 0.974. The van der Waals surface area contributed by atoms with Gasteiger partial charge < -0.3 is 0 Å². The molecule has 82 valence electrons. The van der Waals surface area contributed by atoms with Gasteiger partial charge in [0.25, 0.3) is 0 Å². The minimum absolute atomic E-state index is 0.0454. The van der Waals surface area contributed by atoms with Gasteiger partial charge in [-0.15, -0.1) is 6.42 Å². The van der Waals surface area contributed by atoms with E-state index in [4.69, 9.17) is 6.42 Å².